The SMILES string of the molecule is CNC(=O)C1(Cc2ccccc2-c2cccnc2)CCN(Cc2ccc(C(C)C)cc2)CC1. The summed E-state index contributed by atoms with van der Waals surface area (Å²) in [5, 5.41) is 2.97. The predicted octanol–water partition coefficient (Wildman–Crippen LogP) is 5.44. The van der Waals surface area contributed by atoms with Crippen LogP contribution in [0.15, 0.2) is 73.1 Å². The number of nitrogens with one attached hydrogen (secondary N) is 1. The van der Waals surface area contributed by atoms with Gasteiger partial charge < -0.3 is 5.32 Å². The third-order valence-corrected chi connectivity index (χ3v) is 7.09. The third-order valence-electron chi connectivity index (χ3n) is 7.09. The number of rotatable bonds is 7. The number of carbonyl (C=O) groups excluding carboxylic acids is 1. The Morgan fingerprint density at radius 2 is 1.76 bits per heavy atom. The summed E-state index contributed by atoms with van der Waals surface area (Å²) < 4.78 is 0. The average Bonchev–Trinajstić information content (AvgIpc) is 2.86. The molecule has 1 aromatic heterocycles. The molecule has 4 heteroatoms. The molecule has 0 saturated carbocycles. The van der Waals surface area contributed by atoms with Crippen molar-refractivity contribution in [1.29, 1.82) is 0 Å². The molecule has 33 heavy (non-hydrogen) atoms. The molecule has 1 aliphatic heterocycles. The lowest BCUT2D eigenvalue weighted by Gasteiger charge is -2.41. The van der Waals surface area contributed by atoms with Crippen LogP contribution in [-0.4, -0.2) is 35.9 Å². The number of hydrogen-bond donors (Lipinski definition) is 1. The molecule has 4 rings (SSSR count). The van der Waals surface area contributed by atoms with E-state index in [-0.39, 0.29) is 11.3 Å². The number of nitrogens with zero attached hydrogens (tertiary/aromatic N) is 2. The Morgan fingerprint density at radius 1 is 1.03 bits per heavy atom. The summed E-state index contributed by atoms with van der Waals surface area (Å²) in [4.78, 5) is 19.9. The summed E-state index contributed by atoms with van der Waals surface area (Å²) in [7, 11) is 1.76. The molecule has 1 fully saturated rings. The first-order chi connectivity index (χ1) is 16.0. The molecule has 4 nitrogen and oxygen atoms in total. The maximum absolute atomic E-state index is 13.2. The van der Waals surface area contributed by atoms with Crippen molar-refractivity contribution in [3.8, 4) is 11.1 Å². The van der Waals surface area contributed by atoms with Crippen molar-refractivity contribution in [2.45, 2.75) is 45.6 Å². The monoisotopic (exact) mass is 441 g/mol. The van der Waals surface area contributed by atoms with E-state index < -0.39 is 0 Å². The first-order valence-electron chi connectivity index (χ1n) is 12.0. The summed E-state index contributed by atoms with van der Waals surface area (Å²) in [6.45, 7) is 7.24. The van der Waals surface area contributed by atoms with Crippen LogP contribution in [0.4, 0.5) is 0 Å². The summed E-state index contributed by atoms with van der Waals surface area (Å²) in [6.07, 6.45) is 6.16. The summed E-state index contributed by atoms with van der Waals surface area (Å²) >= 11 is 0. The molecule has 2 aromatic carbocycles. The molecule has 172 valence electrons. The molecule has 0 atom stereocenters. The Balaban J connectivity index is 1.50. The fourth-order valence-corrected chi connectivity index (χ4v) is 5.00. The molecule has 0 aliphatic carbocycles. The van der Waals surface area contributed by atoms with Crippen LogP contribution in [0.1, 0.15) is 49.3 Å². The first kappa shape index (κ1) is 23.2. The number of likely N-dealkylation sites (tertiary alicyclic amines) is 1. The zero-order valence-electron chi connectivity index (χ0n) is 20.1. The van der Waals surface area contributed by atoms with Crippen LogP contribution < -0.4 is 5.32 Å². The molecule has 0 radical (unpaired) electrons. The van der Waals surface area contributed by atoms with Gasteiger partial charge in [-0.2, -0.15) is 0 Å². The van der Waals surface area contributed by atoms with Gasteiger partial charge in [-0.05, 0) is 66.6 Å². The molecule has 0 unspecified atom stereocenters. The lowest BCUT2D eigenvalue weighted by atomic mass is 9.72. The van der Waals surface area contributed by atoms with E-state index in [9.17, 15) is 4.79 Å². The standard InChI is InChI=1S/C29H35N3O/c1-22(2)24-12-10-23(11-13-24)21-32-17-14-29(15-18-32,28(33)30-3)19-25-7-4-5-9-27(25)26-8-6-16-31-20-26/h4-13,16,20,22H,14-15,17-19,21H2,1-3H3,(H,30,33). The largest absolute Gasteiger partial charge is 0.359 e. The normalized spacial score (nSPS) is 16.0. The molecule has 1 amide bonds. The Labute approximate surface area is 198 Å². The van der Waals surface area contributed by atoms with E-state index >= 15 is 0 Å². The molecular formula is C29H35N3O. The van der Waals surface area contributed by atoms with Crippen LogP contribution in [0.25, 0.3) is 11.1 Å². The van der Waals surface area contributed by atoms with Gasteiger partial charge in [0.25, 0.3) is 0 Å². The van der Waals surface area contributed by atoms with Crippen LogP contribution in [0, 0.1) is 5.41 Å². The highest BCUT2D eigenvalue weighted by Crippen LogP contribution is 2.38. The highest BCUT2D eigenvalue weighted by atomic mass is 16.2. The molecule has 1 saturated heterocycles. The highest BCUT2D eigenvalue weighted by molar-refractivity contribution is 5.83. The van der Waals surface area contributed by atoms with Crippen LogP contribution in [0.2, 0.25) is 0 Å². The zero-order valence-corrected chi connectivity index (χ0v) is 20.1. The van der Waals surface area contributed by atoms with Gasteiger partial charge in [0.05, 0.1) is 5.41 Å². The Morgan fingerprint density at radius 3 is 2.39 bits per heavy atom. The van der Waals surface area contributed by atoms with E-state index in [0.29, 0.717) is 5.92 Å². The van der Waals surface area contributed by atoms with Gasteiger partial charge in [-0.25, -0.2) is 0 Å². The van der Waals surface area contributed by atoms with Crippen molar-refractivity contribution in [2.75, 3.05) is 20.1 Å². The van der Waals surface area contributed by atoms with Crippen LogP contribution in [0.5, 0.6) is 0 Å². The lowest BCUT2D eigenvalue weighted by Crippen LogP contribution is -2.49. The van der Waals surface area contributed by atoms with Gasteiger partial charge in [-0.3, -0.25) is 14.7 Å². The van der Waals surface area contributed by atoms with Gasteiger partial charge in [-0.1, -0.05) is 68.4 Å². The highest BCUT2D eigenvalue weighted by Gasteiger charge is 2.41. The number of benzene rings is 2. The van der Waals surface area contributed by atoms with Crippen molar-refractivity contribution in [3.05, 3.63) is 89.7 Å². The summed E-state index contributed by atoms with van der Waals surface area (Å²) in [5.41, 5.74) is 5.82. The fourth-order valence-electron chi connectivity index (χ4n) is 5.00. The Hall–Kier alpha value is -2.98. The molecule has 1 aliphatic rings. The molecule has 2 heterocycles. The molecule has 0 spiro atoms. The molecule has 0 bridgehead atoms. The minimum Gasteiger partial charge on any atom is -0.359 e. The third kappa shape index (κ3) is 5.33. The van der Waals surface area contributed by atoms with Crippen LogP contribution in [0.3, 0.4) is 0 Å². The fraction of sp³-hybridized carbons (Fsp3) is 0.379. The zero-order chi connectivity index (χ0) is 23.3. The van der Waals surface area contributed by atoms with Crippen molar-refractivity contribution < 1.29 is 4.79 Å². The number of piperidine rings is 1. The predicted molar refractivity (Wildman–Crippen MR) is 135 cm³/mol. The second-order valence-corrected chi connectivity index (χ2v) is 9.61. The quantitative estimate of drug-likeness (QED) is 0.531. The van der Waals surface area contributed by atoms with Gasteiger partial charge in [0.2, 0.25) is 5.91 Å². The minimum absolute atomic E-state index is 0.157. The van der Waals surface area contributed by atoms with Crippen molar-refractivity contribution >= 4 is 5.91 Å². The molecular weight excluding hydrogens is 406 g/mol. The topological polar surface area (TPSA) is 45.2 Å². The van der Waals surface area contributed by atoms with E-state index in [0.717, 1.165) is 44.5 Å². The number of aromatic nitrogens is 1. The van der Waals surface area contributed by atoms with Gasteiger partial charge in [0.15, 0.2) is 0 Å². The Bertz CT molecular complexity index is 1050. The van der Waals surface area contributed by atoms with E-state index in [1.165, 1.54) is 22.3 Å². The van der Waals surface area contributed by atoms with Crippen molar-refractivity contribution in [2.24, 2.45) is 5.41 Å². The van der Waals surface area contributed by atoms with E-state index in [4.69, 9.17) is 0 Å². The maximum Gasteiger partial charge on any atom is 0.226 e. The lowest BCUT2D eigenvalue weighted by molar-refractivity contribution is -0.133. The second kappa shape index (κ2) is 10.3. The Kier molecular flexibility index (Phi) is 7.24. The van der Waals surface area contributed by atoms with E-state index in [1.54, 1.807) is 13.2 Å². The first-order valence-corrected chi connectivity index (χ1v) is 12.0. The van der Waals surface area contributed by atoms with Gasteiger partial charge in [0, 0.05) is 31.5 Å². The maximum atomic E-state index is 13.2. The number of carbonyl (C=O) groups is 1. The smallest absolute Gasteiger partial charge is 0.226 e. The summed E-state index contributed by atoms with van der Waals surface area (Å²) in [5.74, 6) is 0.709. The van der Waals surface area contributed by atoms with E-state index in [1.807, 2.05) is 12.3 Å². The number of amides is 1. The van der Waals surface area contributed by atoms with Crippen molar-refractivity contribution in [1.82, 2.24) is 15.2 Å². The van der Waals surface area contributed by atoms with Gasteiger partial charge in [0.1, 0.15) is 0 Å². The van der Waals surface area contributed by atoms with Gasteiger partial charge in [-0.15, -0.1) is 0 Å². The minimum atomic E-state index is -0.384. The second-order valence-electron chi connectivity index (χ2n) is 9.61. The molecule has 3 aromatic rings. The average molecular weight is 442 g/mol. The summed E-state index contributed by atoms with van der Waals surface area (Å²) in [6, 6.07) is 21.5. The number of hydrogen-bond acceptors (Lipinski definition) is 3. The van der Waals surface area contributed by atoms with Crippen LogP contribution in [-0.2, 0) is 17.8 Å². The number of pyridine rings is 1. The van der Waals surface area contributed by atoms with Gasteiger partial charge >= 0.3 is 0 Å². The van der Waals surface area contributed by atoms with Crippen molar-refractivity contribution in [3.63, 3.8) is 0 Å². The van der Waals surface area contributed by atoms with Crippen LogP contribution >= 0.6 is 0 Å². The molecule has 1 N–H and O–H groups in total. The van der Waals surface area contributed by atoms with E-state index in [2.05, 4.69) is 83.6 Å².